The molecule has 4 nitrogen and oxygen atoms in total. The van der Waals surface area contributed by atoms with Crippen LogP contribution in [-0.2, 0) is 12.8 Å². The fourth-order valence-electron chi connectivity index (χ4n) is 1.36. The predicted octanol–water partition coefficient (Wildman–Crippen LogP) is 2.65. The molecule has 1 heterocycles. The zero-order valence-electron chi connectivity index (χ0n) is 9.64. The highest BCUT2D eigenvalue weighted by atomic mass is 35.5. The highest BCUT2D eigenvalue weighted by Gasteiger charge is 2.08. The molecule has 0 bridgehead atoms. The molecule has 90 valence electrons. The molecule has 0 saturated heterocycles. The van der Waals surface area contributed by atoms with Crippen LogP contribution in [0.2, 0.25) is 5.02 Å². The van der Waals surface area contributed by atoms with Gasteiger partial charge >= 0.3 is 0 Å². The molecule has 0 aliphatic rings. The molecule has 6 heteroatoms. The first kappa shape index (κ1) is 12.3. The molecule has 2 rings (SSSR count). The predicted molar refractivity (Wildman–Crippen MR) is 71.2 cm³/mol. The zero-order chi connectivity index (χ0) is 12.4. The quantitative estimate of drug-likeness (QED) is 0.870. The molecule has 0 unspecified atom stereocenters. The van der Waals surface area contributed by atoms with Gasteiger partial charge in [-0.15, -0.1) is 10.2 Å². The van der Waals surface area contributed by atoms with E-state index >= 15 is 0 Å². The van der Waals surface area contributed by atoms with Crippen molar-refractivity contribution >= 4 is 29.3 Å². The Morgan fingerprint density at radius 1 is 1.41 bits per heavy atom. The number of thioether (sulfide) groups is 1. The van der Waals surface area contributed by atoms with Crippen LogP contribution in [0.25, 0.3) is 0 Å². The van der Waals surface area contributed by atoms with Crippen LogP contribution in [0.15, 0.2) is 23.4 Å². The van der Waals surface area contributed by atoms with E-state index in [1.54, 1.807) is 16.3 Å². The minimum atomic E-state index is 0.419. The van der Waals surface area contributed by atoms with Crippen molar-refractivity contribution in [2.75, 3.05) is 5.73 Å². The van der Waals surface area contributed by atoms with Crippen LogP contribution >= 0.6 is 23.4 Å². The Morgan fingerprint density at radius 2 is 2.18 bits per heavy atom. The Morgan fingerprint density at radius 3 is 2.76 bits per heavy atom. The minimum Gasteiger partial charge on any atom is -0.368 e. The second kappa shape index (κ2) is 4.98. The fraction of sp³-hybridized carbons (Fsp3) is 0.273. The molecule has 1 aromatic carbocycles. The Kier molecular flexibility index (Phi) is 3.59. The zero-order valence-corrected chi connectivity index (χ0v) is 11.2. The number of hydrogen-bond donors (Lipinski definition) is 1. The largest absolute Gasteiger partial charge is 0.368 e. The average Bonchev–Trinajstić information content (AvgIpc) is 2.59. The molecule has 0 aliphatic heterocycles. The van der Waals surface area contributed by atoms with Crippen molar-refractivity contribution in [2.45, 2.75) is 17.8 Å². The van der Waals surface area contributed by atoms with Gasteiger partial charge < -0.3 is 5.73 Å². The number of halogens is 1. The van der Waals surface area contributed by atoms with Crippen LogP contribution in [0.5, 0.6) is 0 Å². The first-order valence-electron chi connectivity index (χ1n) is 5.10. The summed E-state index contributed by atoms with van der Waals surface area (Å²) in [7, 11) is 1.84. The molecule has 2 aromatic rings. The van der Waals surface area contributed by atoms with Crippen LogP contribution in [0.3, 0.4) is 0 Å². The average molecular weight is 269 g/mol. The van der Waals surface area contributed by atoms with Crippen molar-refractivity contribution in [1.82, 2.24) is 14.8 Å². The smallest absolute Gasteiger partial charge is 0.222 e. The Hall–Kier alpha value is -1.20. The van der Waals surface area contributed by atoms with Crippen LogP contribution < -0.4 is 5.73 Å². The third kappa shape index (κ3) is 2.73. The number of benzene rings is 1. The Labute approximate surface area is 109 Å². The van der Waals surface area contributed by atoms with E-state index < -0.39 is 0 Å². The summed E-state index contributed by atoms with van der Waals surface area (Å²) in [5.74, 6) is 1.17. The first-order chi connectivity index (χ1) is 8.08. The lowest BCUT2D eigenvalue weighted by atomic mass is 10.2. The van der Waals surface area contributed by atoms with Gasteiger partial charge in [0, 0.05) is 17.8 Å². The summed E-state index contributed by atoms with van der Waals surface area (Å²) in [5.41, 5.74) is 7.86. The van der Waals surface area contributed by atoms with Crippen molar-refractivity contribution in [2.24, 2.45) is 7.05 Å². The van der Waals surface area contributed by atoms with Gasteiger partial charge in [-0.3, -0.25) is 4.57 Å². The summed E-state index contributed by atoms with van der Waals surface area (Å²) < 4.78 is 1.76. The summed E-state index contributed by atoms with van der Waals surface area (Å²) in [6.07, 6.45) is 0. The van der Waals surface area contributed by atoms with E-state index in [-0.39, 0.29) is 0 Å². The molecule has 0 aliphatic carbocycles. The molecule has 2 N–H and O–H groups in total. The number of nitrogen functional groups attached to an aromatic ring is 1. The van der Waals surface area contributed by atoms with Gasteiger partial charge in [-0.25, -0.2) is 0 Å². The molecule has 0 spiro atoms. The third-order valence-corrected chi connectivity index (χ3v) is 3.85. The number of aryl methyl sites for hydroxylation is 1. The molecule has 1 aromatic heterocycles. The van der Waals surface area contributed by atoms with Gasteiger partial charge in [-0.05, 0) is 24.1 Å². The summed E-state index contributed by atoms with van der Waals surface area (Å²) in [6, 6.07) is 6.04. The maximum atomic E-state index is 6.16. The van der Waals surface area contributed by atoms with Gasteiger partial charge in [-0.2, -0.15) is 0 Å². The lowest BCUT2D eigenvalue weighted by Gasteiger charge is -2.04. The molecule has 0 amide bonds. The normalized spacial score (nSPS) is 10.8. The highest BCUT2D eigenvalue weighted by molar-refractivity contribution is 7.98. The van der Waals surface area contributed by atoms with Gasteiger partial charge in [0.25, 0.3) is 0 Å². The van der Waals surface area contributed by atoms with Crippen molar-refractivity contribution < 1.29 is 0 Å². The molecular weight excluding hydrogens is 256 g/mol. The van der Waals surface area contributed by atoms with Crippen LogP contribution in [0.4, 0.5) is 5.95 Å². The topological polar surface area (TPSA) is 56.7 Å². The number of nitrogens with two attached hydrogens (primary N) is 1. The molecule has 0 radical (unpaired) electrons. The summed E-state index contributed by atoms with van der Waals surface area (Å²) >= 11 is 7.73. The molecule has 0 saturated carbocycles. The van der Waals surface area contributed by atoms with E-state index in [0.29, 0.717) is 5.95 Å². The van der Waals surface area contributed by atoms with E-state index in [2.05, 4.69) is 10.2 Å². The van der Waals surface area contributed by atoms with E-state index in [0.717, 1.165) is 27.1 Å². The SMILES string of the molecule is Cc1ccc(CSc2nnc(N)n2C)c(Cl)c1. The van der Waals surface area contributed by atoms with Crippen molar-refractivity contribution in [3.8, 4) is 0 Å². The van der Waals surface area contributed by atoms with Gasteiger partial charge in [0.15, 0.2) is 5.16 Å². The highest BCUT2D eigenvalue weighted by Crippen LogP contribution is 2.26. The monoisotopic (exact) mass is 268 g/mol. The van der Waals surface area contributed by atoms with Gasteiger partial charge in [0.2, 0.25) is 5.95 Å². The third-order valence-electron chi connectivity index (χ3n) is 2.43. The number of aromatic nitrogens is 3. The summed E-state index contributed by atoms with van der Waals surface area (Å²) in [6.45, 7) is 2.02. The molecular formula is C11H13ClN4S. The van der Waals surface area contributed by atoms with Gasteiger partial charge in [0.1, 0.15) is 0 Å². The number of rotatable bonds is 3. The molecule has 0 fully saturated rings. The van der Waals surface area contributed by atoms with Crippen LogP contribution in [0.1, 0.15) is 11.1 Å². The standard InChI is InChI=1S/C11H13ClN4S/c1-7-3-4-8(9(12)5-7)6-17-11-15-14-10(13)16(11)2/h3-5H,6H2,1-2H3,(H2,13,14). The van der Waals surface area contributed by atoms with Crippen molar-refractivity contribution in [3.63, 3.8) is 0 Å². The second-order valence-corrected chi connectivity index (χ2v) is 5.13. The fourth-order valence-corrected chi connectivity index (χ4v) is 2.67. The van der Waals surface area contributed by atoms with E-state index in [4.69, 9.17) is 17.3 Å². The Bertz CT molecular complexity index is 538. The van der Waals surface area contributed by atoms with E-state index in [1.165, 1.54) is 0 Å². The maximum Gasteiger partial charge on any atom is 0.222 e. The van der Waals surface area contributed by atoms with Gasteiger partial charge in [-0.1, -0.05) is 35.5 Å². The summed E-state index contributed by atoms with van der Waals surface area (Å²) in [5, 5.41) is 9.36. The van der Waals surface area contributed by atoms with Crippen LogP contribution in [-0.4, -0.2) is 14.8 Å². The Balaban J connectivity index is 2.10. The maximum absolute atomic E-state index is 6.16. The number of hydrogen-bond acceptors (Lipinski definition) is 4. The van der Waals surface area contributed by atoms with Crippen molar-refractivity contribution in [1.29, 1.82) is 0 Å². The molecule has 0 atom stereocenters. The van der Waals surface area contributed by atoms with Crippen LogP contribution in [0, 0.1) is 6.92 Å². The van der Waals surface area contributed by atoms with E-state index in [1.807, 2.05) is 32.2 Å². The second-order valence-electron chi connectivity index (χ2n) is 3.78. The number of anilines is 1. The first-order valence-corrected chi connectivity index (χ1v) is 6.47. The summed E-state index contributed by atoms with van der Waals surface area (Å²) in [4.78, 5) is 0. The lowest BCUT2D eigenvalue weighted by Crippen LogP contribution is -1.98. The van der Waals surface area contributed by atoms with E-state index in [9.17, 15) is 0 Å². The lowest BCUT2D eigenvalue weighted by molar-refractivity contribution is 0.796. The minimum absolute atomic E-state index is 0.419. The molecule has 17 heavy (non-hydrogen) atoms. The van der Waals surface area contributed by atoms with Gasteiger partial charge in [0.05, 0.1) is 0 Å². The number of nitrogens with zero attached hydrogens (tertiary/aromatic N) is 3. The van der Waals surface area contributed by atoms with Crippen molar-refractivity contribution in [3.05, 3.63) is 34.3 Å².